The average molecular weight is 312 g/mol. The van der Waals surface area contributed by atoms with Crippen molar-refractivity contribution in [1.29, 1.82) is 0 Å². The first kappa shape index (κ1) is 16.7. The van der Waals surface area contributed by atoms with Gasteiger partial charge in [-0.05, 0) is 42.7 Å². The standard InChI is InChI=1S/C19H21FN2O/c1-3-12-22(13-11-16-7-5-4-6-8-16)19(23)21-17-9-10-18(20)15(2)14-17/h3-10,14H,1,11-13H2,2H3,(H,21,23). The molecular weight excluding hydrogens is 291 g/mol. The van der Waals surface area contributed by atoms with E-state index in [1.165, 1.54) is 11.6 Å². The fourth-order valence-electron chi connectivity index (χ4n) is 2.27. The van der Waals surface area contributed by atoms with Crippen LogP contribution in [0.3, 0.4) is 0 Å². The molecule has 0 aliphatic heterocycles. The summed E-state index contributed by atoms with van der Waals surface area (Å²) >= 11 is 0. The molecule has 1 N–H and O–H groups in total. The summed E-state index contributed by atoms with van der Waals surface area (Å²) in [5.41, 5.74) is 2.26. The van der Waals surface area contributed by atoms with E-state index in [1.807, 2.05) is 30.3 Å². The van der Waals surface area contributed by atoms with Crippen molar-refractivity contribution in [1.82, 2.24) is 4.90 Å². The predicted molar refractivity (Wildman–Crippen MR) is 92.1 cm³/mol. The second-order valence-corrected chi connectivity index (χ2v) is 5.36. The molecule has 0 bridgehead atoms. The van der Waals surface area contributed by atoms with Crippen molar-refractivity contribution in [2.24, 2.45) is 0 Å². The molecule has 0 radical (unpaired) electrons. The van der Waals surface area contributed by atoms with E-state index in [9.17, 15) is 9.18 Å². The Labute approximate surface area is 136 Å². The van der Waals surface area contributed by atoms with Crippen LogP contribution in [0.15, 0.2) is 61.2 Å². The highest BCUT2D eigenvalue weighted by Crippen LogP contribution is 2.14. The molecule has 0 spiro atoms. The van der Waals surface area contributed by atoms with Gasteiger partial charge in [-0.15, -0.1) is 6.58 Å². The average Bonchev–Trinajstić information content (AvgIpc) is 2.55. The first-order valence-corrected chi connectivity index (χ1v) is 7.57. The van der Waals surface area contributed by atoms with Gasteiger partial charge in [-0.2, -0.15) is 0 Å². The molecule has 0 unspecified atom stereocenters. The van der Waals surface area contributed by atoms with Crippen molar-refractivity contribution in [2.75, 3.05) is 18.4 Å². The van der Waals surface area contributed by atoms with Gasteiger partial charge in [0, 0.05) is 18.8 Å². The van der Waals surface area contributed by atoms with E-state index in [0.29, 0.717) is 24.3 Å². The van der Waals surface area contributed by atoms with E-state index in [1.54, 1.807) is 30.0 Å². The molecule has 120 valence electrons. The molecule has 2 aromatic rings. The molecule has 0 heterocycles. The minimum absolute atomic E-state index is 0.216. The van der Waals surface area contributed by atoms with E-state index in [0.717, 1.165) is 6.42 Å². The summed E-state index contributed by atoms with van der Waals surface area (Å²) in [5.74, 6) is -0.282. The van der Waals surface area contributed by atoms with Crippen LogP contribution in [0.5, 0.6) is 0 Å². The number of anilines is 1. The number of nitrogens with one attached hydrogen (secondary N) is 1. The van der Waals surface area contributed by atoms with Crippen molar-refractivity contribution in [3.8, 4) is 0 Å². The lowest BCUT2D eigenvalue weighted by Gasteiger charge is -2.22. The molecule has 0 aliphatic rings. The van der Waals surface area contributed by atoms with Crippen molar-refractivity contribution < 1.29 is 9.18 Å². The topological polar surface area (TPSA) is 32.3 Å². The van der Waals surface area contributed by atoms with Crippen LogP contribution in [0, 0.1) is 12.7 Å². The highest BCUT2D eigenvalue weighted by Gasteiger charge is 2.12. The number of rotatable bonds is 6. The number of carbonyl (C=O) groups is 1. The Balaban J connectivity index is 1.99. The van der Waals surface area contributed by atoms with Gasteiger partial charge in [0.2, 0.25) is 0 Å². The van der Waals surface area contributed by atoms with Gasteiger partial charge in [-0.25, -0.2) is 9.18 Å². The third kappa shape index (κ3) is 4.95. The Kier molecular flexibility index (Phi) is 5.92. The summed E-state index contributed by atoms with van der Waals surface area (Å²) in [6.07, 6.45) is 2.46. The minimum atomic E-state index is -0.282. The number of hydrogen-bond acceptors (Lipinski definition) is 1. The Morgan fingerprint density at radius 1 is 1.26 bits per heavy atom. The third-order valence-electron chi connectivity index (χ3n) is 3.56. The fraction of sp³-hybridized carbons (Fsp3) is 0.211. The number of benzene rings is 2. The number of amides is 2. The number of aryl methyl sites for hydroxylation is 1. The van der Waals surface area contributed by atoms with E-state index in [4.69, 9.17) is 0 Å². The monoisotopic (exact) mass is 312 g/mol. The van der Waals surface area contributed by atoms with Gasteiger partial charge in [-0.1, -0.05) is 36.4 Å². The maximum atomic E-state index is 13.3. The number of carbonyl (C=O) groups excluding carboxylic acids is 1. The van der Waals surface area contributed by atoms with Crippen molar-refractivity contribution >= 4 is 11.7 Å². The summed E-state index contributed by atoms with van der Waals surface area (Å²) in [6, 6.07) is 14.3. The lowest BCUT2D eigenvalue weighted by Crippen LogP contribution is -2.36. The fourth-order valence-corrected chi connectivity index (χ4v) is 2.27. The van der Waals surface area contributed by atoms with E-state index in [-0.39, 0.29) is 11.8 Å². The Morgan fingerprint density at radius 2 is 2.00 bits per heavy atom. The SMILES string of the molecule is C=CCN(CCc1ccccc1)C(=O)Nc1ccc(F)c(C)c1. The molecule has 4 heteroatoms. The van der Waals surface area contributed by atoms with Gasteiger partial charge in [0.25, 0.3) is 0 Å². The van der Waals surface area contributed by atoms with Gasteiger partial charge >= 0.3 is 6.03 Å². The molecule has 0 fully saturated rings. The van der Waals surface area contributed by atoms with Crippen LogP contribution in [-0.2, 0) is 6.42 Å². The zero-order valence-electron chi connectivity index (χ0n) is 13.3. The van der Waals surface area contributed by atoms with Crippen LogP contribution in [0.2, 0.25) is 0 Å². The van der Waals surface area contributed by atoms with Gasteiger partial charge in [0.1, 0.15) is 5.82 Å². The first-order valence-electron chi connectivity index (χ1n) is 7.57. The first-order chi connectivity index (χ1) is 11.1. The van der Waals surface area contributed by atoms with Crippen molar-refractivity contribution in [2.45, 2.75) is 13.3 Å². The van der Waals surface area contributed by atoms with E-state index >= 15 is 0 Å². The highest BCUT2D eigenvalue weighted by atomic mass is 19.1. The number of nitrogens with zero attached hydrogens (tertiary/aromatic N) is 1. The highest BCUT2D eigenvalue weighted by molar-refractivity contribution is 5.89. The molecule has 2 amide bonds. The van der Waals surface area contributed by atoms with E-state index in [2.05, 4.69) is 11.9 Å². The summed E-state index contributed by atoms with van der Waals surface area (Å²) in [6.45, 7) is 6.41. The van der Waals surface area contributed by atoms with Gasteiger partial charge in [0.05, 0.1) is 0 Å². The summed E-state index contributed by atoms with van der Waals surface area (Å²) in [7, 11) is 0. The largest absolute Gasteiger partial charge is 0.322 e. The summed E-state index contributed by atoms with van der Waals surface area (Å²) in [4.78, 5) is 14.1. The maximum absolute atomic E-state index is 13.3. The molecule has 0 atom stereocenters. The molecule has 0 saturated heterocycles. The summed E-state index contributed by atoms with van der Waals surface area (Å²) < 4.78 is 13.3. The predicted octanol–water partition coefficient (Wildman–Crippen LogP) is 4.40. The minimum Gasteiger partial charge on any atom is -0.320 e. The quantitative estimate of drug-likeness (QED) is 0.788. The molecule has 0 aliphatic carbocycles. The lowest BCUT2D eigenvalue weighted by atomic mass is 10.1. The molecular formula is C19H21FN2O. The van der Waals surface area contributed by atoms with Gasteiger partial charge < -0.3 is 10.2 Å². The van der Waals surface area contributed by atoms with Crippen LogP contribution >= 0.6 is 0 Å². The van der Waals surface area contributed by atoms with Crippen LogP contribution in [0.25, 0.3) is 0 Å². The normalized spacial score (nSPS) is 10.2. The van der Waals surface area contributed by atoms with Gasteiger partial charge in [0.15, 0.2) is 0 Å². The second kappa shape index (κ2) is 8.13. The van der Waals surface area contributed by atoms with Crippen molar-refractivity contribution in [3.63, 3.8) is 0 Å². The van der Waals surface area contributed by atoms with E-state index < -0.39 is 0 Å². The third-order valence-corrected chi connectivity index (χ3v) is 3.56. The Bertz CT molecular complexity index is 670. The zero-order valence-corrected chi connectivity index (χ0v) is 13.3. The number of hydrogen-bond donors (Lipinski definition) is 1. The Morgan fingerprint density at radius 3 is 2.65 bits per heavy atom. The lowest BCUT2D eigenvalue weighted by molar-refractivity contribution is 0.217. The van der Waals surface area contributed by atoms with Crippen molar-refractivity contribution in [3.05, 3.63) is 78.1 Å². The second-order valence-electron chi connectivity index (χ2n) is 5.36. The molecule has 23 heavy (non-hydrogen) atoms. The molecule has 3 nitrogen and oxygen atoms in total. The number of urea groups is 1. The smallest absolute Gasteiger partial charge is 0.320 e. The number of halogens is 1. The van der Waals surface area contributed by atoms with Crippen LogP contribution < -0.4 is 5.32 Å². The summed E-state index contributed by atoms with van der Waals surface area (Å²) in [5, 5.41) is 2.80. The molecule has 2 aromatic carbocycles. The van der Waals surface area contributed by atoms with Crippen LogP contribution in [0.1, 0.15) is 11.1 Å². The van der Waals surface area contributed by atoms with Crippen LogP contribution in [-0.4, -0.2) is 24.0 Å². The molecule has 0 saturated carbocycles. The maximum Gasteiger partial charge on any atom is 0.322 e. The molecule has 0 aromatic heterocycles. The molecule has 2 rings (SSSR count). The Hall–Kier alpha value is -2.62. The zero-order chi connectivity index (χ0) is 16.7. The van der Waals surface area contributed by atoms with Crippen LogP contribution in [0.4, 0.5) is 14.9 Å². The van der Waals surface area contributed by atoms with Gasteiger partial charge in [-0.3, -0.25) is 0 Å².